The molecular weight excluding hydrogens is 594 g/mol. The van der Waals surface area contributed by atoms with E-state index in [9.17, 15) is 9.59 Å². The second-order valence-corrected chi connectivity index (χ2v) is 14.6. The summed E-state index contributed by atoms with van der Waals surface area (Å²) in [6, 6.07) is 11.2. The highest BCUT2D eigenvalue weighted by molar-refractivity contribution is 5.98. The van der Waals surface area contributed by atoms with Crippen molar-refractivity contribution in [1.82, 2.24) is 19.8 Å². The molecule has 2 saturated carbocycles. The number of hydrogen-bond donors (Lipinski definition) is 1. The molecule has 2 spiro atoms. The molecule has 2 aromatic heterocycles. The minimum Gasteiger partial charge on any atom is -0.441 e. The van der Waals surface area contributed by atoms with Crippen molar-refractivity contribution in [3.8, 4) is 5.75 Å². The number of piperidine rings is 6. The van der Waals surface area contributed by atoms with Crippen molar-refractivity contribution < 1.29 is 23.2 Å². The molecule has 12 rings (SSSR count). The largest absolute Gasteiger partial charge is 0.441 e. The maximum absolute atomic E-state index is 12.9. The summed E-state index contributed by atoms with van der Waals surface area (Å²) in [4.78, 5) is 36.7. The molecule has 47 heavy (non-hydrogen) atoms. The third kappa shape index (κ3) is 5.58. The van der Waals surface area contributed by atoms with Gasteiger partial charge in [-0.3, -0.25) is 19.4 Å². The van der Waals surface area contributed by atoms with Crippen LogP contribution in [-0.4, -0.2) is 75.3 Å². The standard InChI is InChI=1S/C19H22N2O2.C9H16N2.C9H7NO3/c1-12-20-16-3-2-14(10-18(16)23-12)17(22)11-15-13-4-8-21(9-5-13)19(15)6-7-19;10-8-7-1-5-11(6-2-7)9(8)3-4-9;1-6-10-8-3-2-7(12-5-11)4-9(8)13-6/h2-3,10,13,15H,4-9,11H2,1H3;7-8H,1-6,10H2;2-5H,1H3/t15-;8-;/m11./s1. The van der Waals surface area contributed by atoms with Crippen LogP contribution >= 0.6 is 0 Å². The number of hydrogen-bond acceptors (Lipinski definition) is 10. The van der Waals surface area contributed by atoms with E-state index >= 15 is 0 Å². The summed E-state index contributed by atoms with van der Waals surface area (Å²) < 4.78 is 15.5. The average molecular weight is 640 g/mol. The number of nitrogens with two attached hydrogens (primary N) is 1. The number of benzene rings is 2. The lowest BCUT2D eigenvalue weighted by molar-refractivity contribution is -0.120. The second-order valence-electron chi connectivity index (χ2n) is 14.6. The van der Waals surface area contributed by atoms with Crippen molar-refractivity contribution in [2.24, 2.45) is 23.5 Å². The zero-order valence-corrected chi connectivity index (χ0v) is 27.5. The van der Waals surface area contributed by atoms with E-state index in [0.29, 0.717) is 59.0 Å². The second kappa shape index (κ2) is 11.8. The molecule has 2 aromatic carbocycles. The summed E-state index contributed by atoms with van der Waals surface area (Å²) in [6.45, 7) is 9.14. The van der Waals surface area contributed by atoms with Crippen molar-refractivity contribution in [3.63, 3.8) is 0 Å². The summed E-state index contributed by atoms with van der Waals surface area (Å²) in [7, 11) is 0. The Morgan fingerprint density at radius 2 is 1.40 bits per heavy atom. The molecule has 0 radical (unpaired) electrons. The van der Waals surface area contributed by atoms with Crippen LogP contribution in [0, 0.1) is 31.6 Å². The Labute approximate surface area is 275 Å². The number of Topliss-reactive ketones (excluding diaryl/α,β-unsaturated/α-hetero) is 1. The van der Waals surface area contributed by atoms with Crippen molar-refractivity contribution in [3.05, 3.63) is 53.7 Å². The number of aromatic nitrogens is 2. The molecule has 0 amide bonds. The zero-order chi connectivity index (χ0) is 32.3. The smallest absolute Gasteiger partial charge is 0.298 e. The molecule has 0 unspecified atom stereocenters. The Balaban J connectivity index is 0.000000114. The van der Waals surface area contributed by atoms with Gasteiger partial charge in [0.25, 0.3) is 6.47 Å². The first-order valence-electron chi connectivity index (χ1n) is 17.4. The number of rotatable bonds is 5. The fourth-order valence-corrected chi connectivity index (χ4v) is 9.40. The van der Waals surface area contributed by atoms with Gasteiger partial charge in [0.05, 0.1) is 0 Å². The Kier molecular flexibility index (Phi) is 7.73. The van der Waals surface area contributed by atoms with E-state index in [4.69, 9.17) is 14.6 Å². The highest BCUT2D eigenvalue weighted by Gasteiger charge is 2.60. The molecule has 2 aliphatic carbocycles. The van der Waals surface area contributed by atoms with E-state index in [2.05, 4.69) is 24.5 Å². The van der Waals surface area contributed by atoms with Crippen LogP contribution in [0.1, 0.15) is 79.9 Å². The van der Waals surface area contributed by atoms with Crippen LogP contribution in [0.4, 0.5) is 0 Å². The Morgan fingerprint density at radius 1 is 0.851 bits per heavy atom. The Hall–Kier alpha value is -3.60. The number of carbonyl (C=O) groups is 2. The van der Waals surface area contributed by atoms with Crippen LogP contribution in [-0.2, 0) is 4.79 Å². The van der Waals surface area contributed by atoms with Crippen LogP contribution in [0.25, 0.3) is 22.2 Å². The molecule has 10 heteroatoms. The van der Waals surface area contributed by atoms with E-state index in [1.54, 1.807) is 25.1 Å². The van der Waals surface area contributed by atoms with Crippen molar-refractivity contribution in [2.45, 2.75) is 88.8 Å². The van der Waals surface area contributed by atoms with Crippen LogP contribution < -0.4 is 10.5 Å². The monoisotopic (exact) mass is 639 g/mol. The molecule has 248 valence electrons. The van der Waals surface area contributed by atoms with Gasteiger partial charge < -0.3 is 19.3 Å². The lowest BCUT2D eigenvalue weighted by atomic mass is 9.69. The third-order valence-corrected chi connectivity index (χ3v) is 12.1. The van der Waals surface area contributed by atoms with Gasteiger partial charge in [0.2, 0.25) is 0 Å². The lowest BCUT2D eigenvalue weighted by Crippen LogP contribution is -2.63. The highest BCUT2D eigenvalue weighted by Crippen LogP contribution is 2.58. The highest BCUT2D eigenvalue weighted by atomic mass is 16.5. The van der Waals surface area contributed by atoms with Gasteiger partial charge in [-0.15, -0.1) is 0 Å². The summed E-state index contributed by atoms with van der Waals surface area (Å²) in [5.74, 6) is 4.15. The summed E-state index contributed by atoms with van der Waals surface area (Å²) in [5.41, 5.74) is 10.8. The Bertz CT molecular complexity index is 1790. The van der Waals surface area contributed by atoms with E-state index in [1.165, 1.54) is 77.5 Å². The van der Waals surface area contributed by atoms with Crippen molar-refractivity contribution in [2.75, 3.05) is 26.2 Å². The minimum atomic E-state index is 0.269. The summed E-state index contributed by atoms with van der Waals surface area (Å²) in [6.07, 6.45) is 11.3. The predicted octanol–water partition coefficient (Wildman–Crippen LogP) is 5.83. The molecule has 6 aliphatic heterocycles. The minimum absolute atomic E-state index is 0.269. The molecule has 4 bridgehead atoms. The molecule has 2 atom stereocenters. The number of fused-ring (bicyclic) bond motifs is 6. The van der Waals surface area contributed by atoms with Crippen molar-refractivity contribution >= 4 is 34.5 Å². The number of aryl methyl sites for hydroxylation is 2. The maximum atomic E-state index is 12.9. The third-order valence-electron chi connectivity index (χ3n) is 12.1. The van der Waals surface area contributed by atoms with Crippen molar-refractivity contribution in [1.29, 1.82) is 0 Å². The van der Waals surface area contributed by atoms with Crippen LogP contribution in [0.15, 0.2) is 45.2 Å². The number of carbonyl (C=O) groups excluding carboxylic acids is 2. The van der Waals surface area contributed by atoms with E-state index in [0.717, 1.165) is 34.0 Å². The SMILES string of the molecule is Cc1nc2ccc(C(=O)C[C@@H]3C4CCN(CC4)C34CC4)cc2o1.Cc1nc2ccc(OC=O)cc2o1.N[C@@H]1C2CCN(CC2)C12CC2. The number of ketones is 1. The van der Waals surface area contributed by atoms with Gasteiger partial charge in [-0.05, 0) is 126 Å². The fraction of sp³-hybridized carbons (Fsp3) is 0.568. The first-order chi connectivity index (χ1) is 22.8. The number of ether oxygens (including phenoxy) is 1. The van der Waals surface area contributed by atoms with Crippen LogP contribution in [0.2, 0.25) is 0 Å². The van der Waals surface area contributed by atoms with Gasteiger partial charge >= 0.3 is 0 Å². The van der Waals surface area contributed by atoms with E-state index < -0.39 is 0 Å². The first-order valence-corrected chi connectivity index (χ1v) is 17.4. The zero-order valence-electron chi connectivity index (χ0n) is 27.5. The number of nitrogens with zero attached hydrogens (tertiary/aromatic N) is 4. The van der Waals surface area contributed by atoms with Gasteiger partial charge in [0, 0.05) is 49.0 Å². The maximum Gasteiger partial charge on any atom is 0.298 e. The van der Waals surface area contributed by atoms with Gasteiger partial charge in [0.1, 0.15) is 16.8 Å². The van der Waals surface area contributed by atoms with E-state index in [1.807, 2.05) is 25.1 Å². The number of oxazole rings is 2. The van der Waals surface area contributed by atoms with Gasteiger partial charge in [-0.1, -0.05) is 0 Å². The molecule has 10 nitrogen and oxygen atoms in total. The molecule has 4 aromatic rings. The normalized spacial score (nSPS) is 30.0. The van der Waals surface area contributed by atoms with Crippen LogP contribution in [0.3, 0.4) is 0 Å². The van der Waals surface area contributed by atoms with Gasteiger partial charge in [-0.2, -0.15) is 0 Å². The molecule has 8 heterocycles. The predicted molar refractivity (Wildman–Crippen MR) is 177 cm³/mol. The van der Waals surface area contributed by atoms with E-state index in [-0.39, 0.29) is 5.78 Å². The quantitative estimate of drug-likeness (QED) is 0.211. The van der Waals surface area contributed by atoms with Crippen LogP contribution in [0.5, 0.6) is 5.75 Å². The average Bonchev–Trinajstić information content (AvgIpc) is 3.98. The first kappa shape index (κ1) is 30.7. The van der Waals surface area contributed by atoms with Gasteiger partial charge in [0.15, 0.2) is 28.7 Å². The summed E-state index contributed by atoms with van der Waals surface area (Å²) in [5, 5.41) is 0. The topological polar surface area (TPSA) is 128 Å². The summed E-state index contributed by atoms with van der Waals surface area (Å²) >= 11 is 0. The lowest BCUT2D eigenvalue weighted by Gasteiger charge is -2.52. The Morgan fingerprint density at radius 3 is 1.96 bits per heavy atom. The molecule has 8 aliphatic rings. The van der Waals surface area contributed by atoms with Gasteiger partial charge in [-0.25, -0.2) is 9.97 Å². The molecule has 8 fully saturated rings. The molecule has 6 saturated heterocycles. The fourth-order valence-electron chi connectivity index (χ4n) is 9.40. The molecule has 2 N–H and O–H groups in total. The molecular formula is C37H45N5O5.